The van der Waals surface area contributed by atoms with Gasteiger partial charge in [-0.15, -0.1) is 0 Å². The Morgan fingerprint density at radius 1 is 1.25 bits per heavy atom. The number of anilines is 1. The van der Waals surface area contributed by atoms with Crippen molar-refractivity contribution in [2.45, 2.75) is 43.7 Å². The number of rotatable bonds is 4. The lowest BCUT2D eigenvalue weighted by Crippen LogP contribution is -2.32. The maximum absolute atomic E-state index is 13.1. The number of aromatic nitrogens is 2. The standard InChI is InChI=1S/C20H19Cl2N3O2S/c1-2-9-28-20-24-18-16(19(27)25-20)14(10-5-3-6-11(21)17(10)22)15-12(23-18)7-4-8-13(15)26/h3,5-6,14H,2,4,7-9H2,1H3,(H2,23,24,25,27). The van der Waals surface area contributed by atoms with Crippen LogP contribution in [0.25, 0.3) is 0 Å². The lowest BCUT2D eigenvalue weighted by atomic mass is 9.76. The molecule has 1 aliphatic carbocycles. The number of fused-ring (bicyclic) bond motifs is 1. The number of Topliss-reactive ketones (excluding diaryl/α,β-unsaturated/α-hetero) is 1. The molecule has 4 rings (SSSR count). The van der Waals surface area contributed by atoms with Crippen molar-refractivity contribution >= 4 is 46.6 Å². The fraction of sp³-hybridized carbons (Fsp3) is 0.350. The molecule has 0 saturated heterocycles. The van der Waals surface area contributed by atoms with E-state index in [1.54, 1.807) is 12.1 Å². The Balaban J connectivity index is 1.94. The maximum atomic E-state index is 13.1. The van der Waals surface area contributed by atoms with Crippen molar-refractivity contribution in [3.8, 4) is 0 Å². The topological polar surface area (TPSA) is 74.8 Å². The number of aromatic amines is 1. The zero-order chi connectivity index (χ0) is 19.8. The van der Waals surface area contributed by atoms with E-state index in [2.05, 4.69) is 22.2 Å². The Labute approximate surface area is 176 Å². The summed E-state index contributed by atoms with van der Waals surface area (Å²) in [5.74, 6) is 0.811. The van der Waals surface area contributed by atoms with Crippen LogP contribution in [-0.4, -0.2) is 21.5 Å². The second kappa shape index (κ2) is 7.93. The number of ketones is 1. The Bertz CT molecular complexity index is 1050. The molecule has 2 heterocycles. The zero-order valence-corrected chi connectivity index (χ0v) is 17.6. The summed E-state index contributed by atoms with van der Waals surface area (Å²) in [5.41, 5.74) is 2.24. The minimum absolute atomic E-state index is 0.0317. The summed E-state index contributed by atoms with van der Waals surface area (Å²) in [6.07, 6.45) is 2.95. The molecule has 1 atom stereocenters. The van der Waals surface area contributed by atoms with Crippen LogP contribution in [0.3, 0.4) is 0 Å². The molecule has 2 aromatic rings. The molecule has 1 unspecified atom stereocenters. The monoisotopic (exact) mass is 435 g/mol. The molecular weight excluding hydrogens is 417 g/mol. The van der Waals surface area contributed by atoms with Crippen molar-refractivity contribution in [3.63, 3.8) is 0 Å². The van der Waals surface area contributed by atoms with Gasteiger partial charge in [0.1, 0.15) is 5.82 Å². The molecule has 0 radical (unpaired) electrons. The molecule has 1 aliphatic heterocycles. The lowest BCUT2D eigenvalue weighted by molar-refractivity contribution is -0.116. The number of allylic oxidation sites excluding steroid dienone is 2. The van der Waals surface area contributed by atoms with E-state index in [0.29, 0.717) is 44.1 Å². The largest absolute Gasteiger partial charge is 0.343 e. The first-order valence-electron chi connectivity index (χ1n) is 9.25. The number of carbonyl (C=O) groups is 1. The van der Waals surface area contributed by atoms with Crippen molar-refractivity contribution in [1.82, 2.24) is 9.97 Å². The van der Waals surface area contributed by atoms with Crippen LogP contribution in [0.5, 0.6) is 0 Å². The van der Waals surface area contributed by atoms with E-state index < -0.39 is 5.92 Å². The minimum atomic E-state index is -0.577. The number of H-pyrrole nitrogens is 1. The van der Waals surface area contributed by atoms with E-state index in [1.165, 1.54) is 11.8 Å². The van der Waals surface area contributed by atoms with Gasteiger partial charge in [-0.25, -0.2) is 4.98 Å². The van der Waals surface area contributed by atoms with Gasteiger partial charge in [0.2, 0.25) is 0 Å². The van der Waals surface area contributed by atoms with Crippen molar-refractivity contribution in [3.05, 3.63) is 61.0 Å². The Kier molecular flexibility index (Phi) is 5.54. The van der Waals surface area contributed by atoms with Gasteiger partial charge in [-0.05, 0) is 30.9 Å². The van der Waals surface area contributed by atoms with Crippen LogP contribution in [0.15, 0.2) is 39.4 Å². The predicted molar refractivity (Wildman–Crippen MR) is 114 cm³/mol. The highest BCUT2D eigenvalue weighted by molar-refractivity contribution is 7.99. The van der Waals surface area contributed by atoms with Crippen molar-refractivity contribution in [1.29, 1.82) is 0 Å². The van der Waals surface area contributed by atoms with Crippen LogP contribution in [0.2, 0.25) is 10.0 Å². The first-order valence-corrected chi connectivity index (χ1v) is 11.0. The van der Waals surface area contributed by atoms with Crippen molar-refractivity contribution in [2.75, 3.05) is 11.1 Å². The first-order chi connectivity index (χ1) is 13.5. The van der Waals surface area contributed by atoms with Gasteiger partial charge in [0, 0.05) is 29.4 Å². The normalized spacial score (nSPS) is 18.5. The number of hydrogen-bond donors (Lipinski definition) is 2. The fourth-order valence-electron chi connectivity index (χ4n) is 3.76. The van der Waals surface area contributed by atoms with E-state index in [0.717, 1.165) is 30.7 Å². The number of halogens is 2. The van der Waals surface area contributed by atoms with Crippen LogP contribution in [0.1, 0.15) is 49.7 Å². The van der Waals surface area contributed by atoms with E-state index in [-0.39, 0.29) is 11.3 Å². The third-order valence-corrected chi connectivity index (χ3v) is 6.88. The van der Waals surface area contributed by atoms with Gasteiger partial charge in [0.15, 0.2) is 10.9 Å². The smallest absolute Gasteiger partial charge is 0.257 e. The molecule has 2 aliphatic rings. The molecule has 0 spiro atoms. The fourth-order valence-corrected chi connectivity index (χ4v) is 4.90. The van der Waals surface area contributed by atoms with Crippen LogP contribution >= 0.6 is 35.0 Å². The average molecular weight is 436 g/mol. The Morgan fingerprint density at radius 3 is 2.86 bits per heavy atom. The average Bonchev–Trinajstić information content (AvgIpc) is 2.67. The van der Waals surface area contributed by atoms with Crippen LogP contribution in [-0.2, 0) is 4.79 Å². The Morgan fingerprint density at radius 2 is 2.07 bits per heavy atom. The second-order valence-corrected chi connectivity index (χ2v) is 8.72. The number of hydrogen-bond acceptors (Lipinski definition) is 5. The van der Waals surface area contributed by atoms with Crippen LogP contribution in [0, 0.1) is 0 Å². The zero-order valence-electron chi connectivity index (χ0n) is 15.3. The molecule has 8 heteroatoms. The summed E-state index contributed by atoms with van der Waals surface area (Å²) in [6.45, 7) is 2.07. The number of benzene rings is 1. The molecule has 1 aromatic heterocycles. The number of thioether (sulfide) groups is 1. The van der Waals surface area contributed by atoms with E-state index in [1.807, 2.05) is 6.07 Å². The van der Waals surface area contributed by atoms with Gasteiger partial charge < -0.3 is 10.3 Å². The SMILES string of the molecule is CCCSc1nc2c(c(=O)[nH]1)C(c1cccc(Cl)c1Cl)C1=C(CCCC1=O)N2. The third kappa shape index (κ3) is 3.38. The molecular formula is C20H19Cl2N3O2S. The molecule has 28 heavy (non-hydrogen) atoms. The summed E-state index contributed by atoms with van der Waals surface area (Å²) in [4.78, 5) is 33.4. The Hall–Kier alpha value is -1.76. The van der Waals surface area contributed by atoms with Gasteiger partial charge in [-0.1, -0.05) is 54.0 Å². The van der Waals surface area contributed by atoms with Gasteiger partial charge >= 0.3 is 0 Å². The highest BCUT2D eigenvalue weighted by Gasteiger charge is 2.38. The van der Waals surface area contributed by atoms with Gasteiger partial charge in [-0.3, -0.25) is 9.59 Å². The number of nitrogens with zero attached hydrogens (tertiary/aromatic N) is 1. The summed E-state index contributed by atoms with van der Waals surface area (Å²) in [5, 5.41) is 4.58. The van der Waals surface area contributed by atoms with Crippen LogP contribution in [0.4, 0.5) is 5.82 Å². The van der Waals surface area contributed by atoms with E-state index in [4.69, 9.17) is 23.2 Å². The first kappa shape index (κ1) is 19.6. The molecule has 2 N–H and O–H groups in total. The molecule has 146 valence electrons. The third-order valence-electron chi connectivity index (χ3n) is 4.97. The maximum Gasteiger partial charge on any atom is 0.257 e. The van der Waals surface area contributed by atoms with Crippen molar-refractivity contribution < 1.29 is 4.79 Å². The van der Waals surface area contributed by atoms with Crippen LogP contribution < -0.4 is 10.9 Å². The molecule has 0 bridgehead atoms. The summed E-state index contributed by atoms with van der Waals surface area (Å²) >= 11 is 14.2. The highest BCUT2D eigenvalue weighted by atomic mass is 35.5. The molecule has 0 amide bonds. The van der Waals surface area contributed by atoms with Crippen molar-refractivity contribution in [2.24, 2.45) is 0 Å². The van der Waals surface area contributed by atoms with E-state index >= 15 is 0 Å². The predicted octanol–water partition coefficient (Wildman–Crippen LogP) is 5.14. The molecule has 0 fully saturated rings. The summed E-state index contributed by atoms with van der Waals surface area (Å²) in [7, 11) is 0. The summed E-state index contributed by atoms with van der Waals surface area (Å²) < 4.78 is 0. The lowest BCUT2D eigenvalue weighted by Gasteiger charge is -2.33. The minimum Gasteiger partial charge on any atom is -0.343 e. The van der Waals surface area contributed by atoms with E-state index in [9.17, 15) is 9.59 Å². The molecule has 1 aromatic carbocycles. The highest BCUT2D eigenvalue weighted by Crippen LogP contribution is 2.46. The van der Waals surface area contributed by atoms with Gasteiger partial charge in [0.05, 0.1) is 15.6 Å². The quantitative estimate of drug-likeness (QED) is 0.513. The number of carbonyl (C=O) groups excluding carboxylic acids is 1. The summed E-state index contributed by atoms with van der Waals surface area (Å²) in [6, 6.07) is 5.30. The van der Waals surface area contributed by atoms with Gasteiger partial charge in [0.25, 0.3) is 5.56 Å². The molecule has 5 nitrogen and oxygen atoms in total. The molecule has 0 saturated carbocycles. The number of nitrogens with one attached hydrogen (secondary N) is 2. The second-order valence-electron chi connectivity index (χ2n) is 6.85. The van der Waals surface area contributed by atoms with Gasteiger partial charge in [-0.2, -0.15) is 0 Å².